The molecule has 1 aliphatic rings. The first-order chi connectivity index (χ1) is 9.04. The minimum absolute atomic E-state index is 0.0466. The number of carbonyl (C=O) groups is 3. The summed E-state index contributed by atoms with van der Waals surface area (Å²) >= 11 is 0. The van der Waals surface area contributed by atoms with Gasteiger partial charge >= 0.3 is 5.97 Å². The first-order valence-corrected chi connectivity index (χ1v) is 6.45. The zero-order valence-electron chi connectivity index (χ0n) is 10.8. The van der Waals surface area contributed by atoms with Crippen LogP contribution in [0, 0.1) is 0 Å². The summed E-state index contributed by atoms with van der Waals surface area (Å²) in [7, 11) is 0. The number of rotatable bonds is 6. The molecular weight excluding hydrogens is 252 g/mol. The third-order valence-corrected chi connectivity index (χ3v) is 3.06. The van der Waals surface area contributed by atoms with Crippen molar-refractivity contribution in [2.45, 2.75) is 38.1 Å². The molecule has 1 aliphatic heterocycles. The number of aliphatic hydroxyl groups excluding tert-OH is 1. The lowest BCUT2D eigenvalue weighted by atomic mass is 10.2. The van der Waals surface area contributed by atoms with E-state index in [-0.39, 0.29) is 25.5 Å². The van der Waals surface area contributed by atoms with Gasteiger partial charge in [0.05, 0.1) is 6.54 Å². The molecule has 1 rings (SSSR count). The molecule has 0 radical (unpaired) electrons. The number of carboxylic acid groups (broad SMARTS) is 1. The molecule has 0 saturated carbocycles. The molecule has 0 aromatic heterocycles. The average Bonchev–Trinajstić information content (AvgIpc) is 2.54. The van der Waals surface area contributed by atoms with Crippen LogP contribution in [0.3, 0.4) is 0 Å². The van der Waals surface area contributed by atoms with Crippen molar-refractivity contribution in [3.05, 3.63) is 0 Å². The topological polar surface area (TPSA) is 107 Å². The van der Waals surface area contributed by atoms with Crippen LogP contribution in [0.4, 0.5) is 0 Å². The van der Waals surface area contributed by atoms with Crippen molar-refractivity contribution in [2.75, 3.05) is 19.7 Å². The first-order valence-electron chi connectivity index (χ1n) is 6.45. The molecule has 7 heteroatoms. The Morgan fingerprint density at radius 1 is 1.32 bits per heavy atom. The molecule has 1 saturated heterocycles. The van der Waals surface area contributed by atoms with E-state index in [0.29, 0.717) is 13.0 Å². The zero-order chi connectivity index (χ0) is 14.3. The molecule has 108 valence electrons. The van der Waals surface area contributed by atoms with E-state index in [9.17, 15) is 14.4 Å². The second-order valence-electron chi connectivity index (χ2n) is 4.60. The van der Waals surface area contributed by atoms with Crippen LogP contribution < -0.4 is 5.32 Å². The average molecular weight is 272 g/mol. The molecule has 0 aromatic carbocycles. The van der Waals surface area contributed by atoms with Crippen molar-refractivity contribution in [3.63, 3.8) is 0 Å². The van der Waals surface area contributed by atoms with Gasteiger partial charge in [-0.15, -0.1) is 0 Å². The molecule has 1 heterocycles. The molecule has 3 N–H and O–H groups in total. The van der Waals surface area contributed by atoms with Gasteiger partial charge in [-0.2, -0.15) is 0 Å². The maximum Gasteiger partial charge on any atom is 0.326 e. The van der Waals surface area contributed by atoms with Crippen LogP contribution in [0.25, 0.3) is 0 Å². The van der Waals surface area contributed by atoms with Gasteiger partial charge in [0, 0.05) is 26.0 Å². The summed E-state index contributed by atoms with van der Waals surface area (Å²) in [6, 6.07) is -1.11. The van der Waals surface area contributed by atoms with E-state index in [1.165, 1.54) is 4.90 Å². The number of nitrogens with one attached hydrogen (secondary N) is 1. The highest BCUT2D eigenvalue weighted by atomic mass is 16.4. The zero-order valence-corrected chi connectivity index (χ0v) is 10.8. The third kappa shape index (κ3) is 5.25. The van der Waals surface area contributed by atoms with Gasteiger partial charge in [-0.3, -0.25) is 9.59 Å². The van der Waals surface area contributed by atoms with Crippen molar-refractivity contribution >= 4 is 17.8 Å². The Morgan fingerprint density at radius 3 is 2.68 bits per heavy atom. The molecule has 19 heavy (non-hydrogen) atoms. The second-order valence-corrected chi connectivity index (χ2v) is 4.60. The Hall–Kier alpha value is -1.63. The lowest BCUT2D eigenvalue weighted by Crippen LogP contribution is -2.47. The van der Waals surface area contributed by atoms with Crippen LogP contribution in [-0.4, -0.2) is 58.6 Å². The molecular formula is C12H20N2O5. The maximum absolute atomic E-state index is 11.7. The number of aliphatic hydroxyl groups is 1. The Balaban J connectivity index is 2.48. The Bertz CT molecular complexity index is 345. The molecule has 1 unspecified atom stereocenters. The minimum Gasteiger partial charge on any atom is -0.480 e. The molecule has 0 aliphatic carbocycles. The fourth-order valence-electron chi connectivity index (χ4n) is 2.01. The lowest BCUT2D eigenvalue weighted by molar-refractivity contribution is -0.143. The number of aliphatic carboxylic acids is 1. The molecule has 0 spiro atoms. The van der Waals surface area contributed by atoms with Crippen LogP contribution in [0.2, 0.25) is 0 Å². The van der Waals surface area contributed by atoms with Crippen molar-refractivity contribution in [3.8, 4) is 0 Å². The normalized spacial score (nSPS) is 17.7. The maximum atomic E-state index is 11.7. The number of hydrogen-bond acceptors (Lipinski definition) is 4. The third-order valence-electron chi connectivity index (χ3n) is 3.06. The van der Waals surface area contributed by atoms with E-state index in [0.717, 1.165) is 19.3 Å². The summed E-state index contributed by atoms with van der Waals surface area (Å²) in [5.41, 5.74) is 0. The summed E-state index contributed by atoms with van der Waals surface area (Å²) in [6.07, 6.45) is 3.05. The van der Waals surface area contributed by atoms with Gasteiger partial charge in [0.1, 0.15) is 6.04 Å². The highest BCUT2D eigenvalue weighted by Gasteiger charge is 2.23. The monoisotopic (exact) mass is 272 g/mol. The summed E-state index contributed by atoms with van der Waals surface area (Å²) < 4.78 is 0. The molecule has 0 aromatic rings. The standard InChI is InChI=1S/C12H20N2O5/c15-7-5-9(12(18)19)13-10(16)8-14-6-3-1-2-4-11(14)17/h9,15H,1-8H2,(H,13,16)(H,18,19). The number of carboxylic acids is 1. The van der Waals surface area contributed by atoms with Crippen molar-refractivity contribution in [1.29, 1.82) is 0 Å². The smallest absolute Gasteiger partial charge is 0.326 e. The van der Waals surface area contributed by atoms with Gasteiger partial charge in [-0.05, 0) is 12.8 Å². The van der Waals surface area contributed by atoms with Crippen LogP contribution in [-0.2, 0) is 14.4 Å². The van der Waals surface area contributed by atoms with E-state index in [1.54, 1.807) is 0 Å². The number of hydrogen-bond donors (Lipinski definition) is 3. The van der Waals surface area contributed by atoms with E-state index in [1.807, 2.05) is 0 Å². The van der Waals surface area contributed by atoms with E-state index < -0.39 is 17.9 Å². The largest absolute Gasteiger partial charge is 0.480 e. The summed E-state index contributed by atoms with van der Waals surface area (Å²) in [6.45, 7) is 0.0952. The molecule has 1 atom stereocenters. The summed E-state index contributed by atoms with van der Waals surface area (Å²) in [5, 5.41) is 19.9. The number of amides is 2. The van der Waals surface area contributed by atoms with Crippen molar-refractivity contribution < 1.29 is 24.6 Å². The predicted octanol–water partition coefficient (Wildman–Crippen LogP) is -0.659. The second kappa shape index (κ2) is 7.73. The Morgan fingerprint density at radius 2 is 2.05 bits per heavy atom. The van der Waals surface area contributed by atoms with Gasteiger partial charge in [0.2, 0.25) is 11.8 Å². The summed E-state index contributed by atoms with van der Waals surface area (Å²) in [4.78, 5) is 35.7. The Labute approximate surface area is 111 Å². The number of carbonyl (C=O) groups excluding carboxylic acids is 2. The molecule has 2 amide bonds. The SMILES string of the molecule is O=C(CN1CCCCCC1=O)NC(CCO)C(=O)O. The number of likely N-dealkylation sites (tertiary alicyclic amines) is 1. The van der Waals surface area contributed by atoms with Gasteiger partial charge in [-0.1, -0.05) is 6.42 Å². The molecule has 0 bridgehead atoms. The van der Waals surface area contributed by atoms with Crippen molar-refractivity contribution in [1.82, 2.24) is 10.2 Å². The lowest BCUT2D eigenvalue weighted by Gasteiger charge is -2.21. The van der Waals surface area contributed by atoms with Crippen molar-refractivity contribution in [2.24, 2.45) is 0 Å². The quantitative estimate of drug-likeness (QED) is 0.595. The van der Waals surface area contributed by atoms with Crippen LogP contribution in [0.5, 0.6) is 0 Å². The first kappa shape index (κ1) is 15.4. The number of nitrogens with zero attached hydrogens (tertiary/aromatic N) is 1. The molecule has 7 nitrogen and oxygen atoms in total. The highest BCUT2D eigenvalue weighted by molar-refractivity contribution is 5.88. The van der Waals surface area contributed by atoms with E-state index in [4.69, 9.17) is 10.2 Å². The van der Waals surface area contributed by atoms with Gasteiger partial charge in [0.15, 0.2) is 0 Å². The van der Waals surface area contributed by atoms with Gasteiger partial charge in [-0.25, -0.2) is 4.79 Å². The minimum atomic E-state index is -1.19. The van der Waals surface area contributed by atoms with Gasteiger partial charge < -0.3 is 20.4 Å². The highest BCUT2D eigenvalue weighted by Crippen LogP contribution is 2.10. The summed E-state index contributed by atoms with van der Waals surface area (Å²) in [5.74, 6) is -1.76. The fraction of sp³-hybridized carbons (Fsp3) is 0.750. The molecule has 1 fully saturated rings. The van der Waals surface area contributed by atoms with E-state index >= 15 is 0 Å². The van der Waals surface area contributed by atoms with Crippen LogP contribution in [0.15, 0.2) is 0 Å². The fourth-order valence-corrected chi connectivity index (χ4v) is 2.01. The van der Waals surface area contributed by atoms with Gasteiger partial charge in [0.25, 0.3) is 0 Å². The van der Waals surface area contributed by atoms with Crippen LogP contribution >= 0.6 is 0 Å². The predicted molar refractivity (Wildman–Crippen MR) is 66.3 cm³/mol. The Kier molecular flexibility index (Phi) is 6.27. The van der Waals surface area contributed by atoms with E-state index in [2.05, 4.69) is 5.32 Å². The van der Waals surface area contributed by atoms with Crippen LogP contribution in [0.1, 0.15) is 32.1 Å².